The SMILES string of the molecule is NC(=O)c1ccc(Cl)cc1-c1nc(CC(=O)N2CCN(C3CCCC3)CC2)cs1. The summed E-state index contributed by atoms with van der Waals surface area (Å²) in [5, 5.41) is 3.03. The van der Waals surface area contributed by atoms with E-state index in [0.717, 1.165) is 26.2 Å². The van der Waals surface area contributed by atoms with Crippen LogP contribution in [0.25, 0.3) is 10.6 Å². The molecule has 154 valence electrons. The monoisotopic (exact) mass is 432 g/mol. The van der Waals surface area contributed by atoms with Crippen LogP contribution in [0.1, 0.15) is 41.7 Å². The number of benzene rings is 1. The zero-order chi connectivity index (χ0) is 20.4. The summed E-state index contributed by atoms with van der Waals surface area (Å²) in [4.78, 5) is 33.5. The minimum absolute atomic E-state index is 0.106. The maximum atomic E-state index is 12.7. The van der Waals surface area contributed by atoms with Gasteiger partial charge in [-0.1, -0.05) is 24.4 Å². The molecule has 0 spiro atoms. The van der Waals surface area contributed by atoms with Crippen LogP contribution < -0.4 is 5.73 Å². The molecule has 1 aliphatic carbocycles. The molecule has 29 heavy (non-hydrogen) atoms. The number of aromatic nitrogens is 1. The highest BCUT2D eigenvalue weighted by atomic mass is 35.5. The molecule has 0 bridgehead atoms. The predicted octanol–water partition coefficient (Wildman–Crippen LogP) is 3.19. The Labute approximate surface area is 179 Å². The first-order valence-electron chi connectivity index (χ1n) is 10.1. The molecule has 0 unspecified atom stereocenters. The van der Waals surface area contributed by atoms with Crippen molar-refractivity contribution in [3.63, 3.8) is 0 Å². The van der Waals surface area contributed by atoms with Crippen LogP contribution in [0.4, 0.5) is 0 Å². The van der Waals surface area contributed by atoms with Crippen LogP contribution in [0.3, 0.4) is 0 Å². The number of carbonyl (C=O) groups excluding carboxylic acids is 2. The number of halogens is 1. The molecule has 2 fully saturated rings. The average Bonchev–Trinajstić information content (AvgIpc) is 3.40. The molecule has 2 N–H and O–H groups in total. The first kappa shape index (κ1) is 20.3. The maximum absolute atomic E-state index is 12.7. The molecule has 0 atom stereocenters. The summed E-state index contributed by atoms with van der Waals surface area (Å²) in [6, 6.07) is 5.64. The van der Waals surface area contributed by atoms with E-state index in [1.165, 1.54) is 37.0 Å². The van der Waals surface area contributed by atoms with Crippen LogP contribution in [-0.4, -0.2) is 58.8 Å². The Kier molecular flexibility index (Phi) is 6.18. The van der Waals surface area contributed by atoms with Gasteiger partial charge in [0.05, 0.1) is 12.1 Å². The van der Waals surface area contributed by atoms with E-state index in [4.69, 9.17) is 17.3 Å². The summed E-state index contributed by atoms with van der Waals surface area (Å²) in [7, 11) is 0. The number of primary amides is 1. The summed E-state index contributed by atoms with van der Waals surface area (Å²) in [6.07, 6.45) is 5.53. The highest BCUT2D eigenvalue weighted by molar-refractivity contribution is 7.13. The molecule has 2 heterocycles. The number of thiazole rings is 1. The zero-order valence-electron chi connectivity index (χ0n) is 16.3. The van der Waals surface area contributed by atoms with E-state index in [2.05, 4.69) is 9.88 Å². The molecule has 2 aromatic rings. The molecule has 1 aromatic carbocycles. The second kappa shape index (κ2) is 8.81. The van der Waals surface area contributed by atoms with E-state index < -0.39 is 5.91 Å². The first-order chi connectivity index (χ1) is 14.0. The molecule has 1 saturated heterocycles. The van der Waals surface area contributed by atoms with Gasteiger partial charge in [0.25, 0.3) is 0 Å². The van der Waals surface area contributed by atoms with E-state index in [9.17, 15) is 9.59 Å². The van der Waals surface area contributed by atoms with Gasteiger partial charge in [0.15, 0.2) is 0 Å². The first-order valence-corrected chi connectivity index (χ1v) is 11.3. The van der Waals surface area contributed by atoms with Gasteiger partial charge in [-0.2, -0.15) is 0 Å². The van der Waals surface area contributed by atoms with E-state index in [-0.39, 0.29) is 12.3 Å². The highest BCUT2D eigenvalue weighted by Crippen LogP contribution is 2.30. The fourth-order valence-corrected chi connectivity index (χ4v) is 5.31. The van der Waals surface area contributed by atoms with Crippen LogP contribution in [0.15, 0.2) is 23.6 Å². The van der Waals surface area contributed by atoms with Crippen molar-refractivity contribution >= 4 is 34.8 Å². The Bertz CT molecular complexity index is 902. The third kappa shape index (κ3) is 4.63. The number of nitrogens with two attached hydrogens (primary N) is 1. The number of nitrogens with zero attached hydrogens (tertiary/aromatic N) is 3. The highest BCUT2D eigenvalue weighted by Gasteiger charge is 2.28. The lowest BCUT2D eigenvalue weighted by atomic mass is 10.1. The second-order valence-corrected chi connectivity index (χ2v) is 9.02. The minimum atomic E-state index is -0.523. The van der Waals surface area contributed by atoms with Crippen LogP contribution in [-0.2, 0) is 11.2 Å². The van der Waals surface area contributed by atoms with Gasteiger partial charge in [0.1, 0.15) is 5.01 Å². The summed E-state index contributed by atoms with van der Waals surface area (Å²) in [5.41, 5.74) is 7.17. The molecule has 0 radical (unpaired) electrons. The number of rotatable bonds is 5. The third-order valence-corrected chi connectivity index (χ3v) is 7.03. The Morgan fingerprint density at radius 2 is 1.90 bits per heavy atom. The van der Waals surface area contributed by atoms with Gasteiger partial charge in [-0.3, -0.25) is 14.5 Å². The van der Waals surface area contributed by atoms with Gasteiger partial charge >= 0.3 is 0 Å². The Hall–Kier alpha value is -1.96. The summed E-state index contributed by atoms with van der Waals surface area (Å²) in [6.45, 7) is 3.49. The van der Waals surface area contributed by atoms with E-state index in [0.29, 0.717) is 32.9 Å². The van der Waals surface area contributed by atoms with Crippen molar-refractivity contribution < 1.29 is 9.59 Å². The molecular weight excluding hydrogens is 408 g/mol. The van der Waals surface area contributed by atoms with Gasteiger partial charge in [0.2, 0.25) is 11.8 Å². The molecule has 1 aromatic heterocycles. The minimum Gasteiger partial charge on any atom is -0.366 e. The van der Waals surface area contributed by atoms with Gasteiger partial charge < -0.3 is 10.6 Å². The number of hydrogen-bond acceptors (Lipinski definition) is 5. The standard InChI is InChI=1S/C21H25ClN4O2S/c22-14-5-6-17(20(23)28)18(11-14)21-24-15(13-29-21)12-19(27)26-9-7-25(8-10-26)16-3-1-2-4-16/h5-6,11,13,16H,1-4,7-10,12H2,(H2,23,28). The molecule has 1 saturated carbocycles. The molecule has 1 aliphatic heterocycles. The number of carbonyl (C=O) groups is 2. The predicted molar refractivity (Wildman–Crippen MR) is 115 cm³/mol. The largest absolute Gasteiger partial charge is 0.366 e. The third-order valence-electron chi connectivity index (χ3n) is 5.87. The van der Waals surface area contributed by atoms with E-state index in [1.54, 1.807) is 18.2 Å². The topological polar surface area (TPSA) is 79.5 Å². The Morgan fingerprint density at radius 3 is 2.59 bits per heavy atom. The lowest BCUT2D eigenvalue weighted by molar-refractivity contribution is -0.132. The van der Waals surface area contributed by atoms with Crippen molar-refractivity contribution in [3.05, 3.63) is 39.9 Å². The maximum Gasteiger partial charge on any atom is 0.249 e. The van der Waals surface area contributed by atoms with Crippen molar-refractivity contribution in [2.24, 2.45) is 5.73 Å². The fourth-order valence-electron chi connectivity index (χ4n) is 4.29. The molecular formula is C21H25ClN4O2S. The normalized spacial score (nSPS) is 18.3. The lowest BCUT2D eigenvalue weighted by Gasteiger charge is -2.38. The van der Waals surface area contributed by atoms with Crippen LogP contribution in [0.5, 0.6) is 0 Å². The van der Waals surface area contributed by atoms with Crippen molar-refractivity contribution in [2.75, 3.05) is 26.2 Å². The smallest absolute Gasteiger partial charge is 0.249 e. The number of amides is 2. The summed E-state index contributed by atoms with van der Waals surface area (Å²) >= 11 is 7.48. The molecule has 6 nitrogen and oxygen atoms in total. The second-order valence-electron chi connectivity index (χ2n) is 7.73. The van der Waals surface area contributed by atoms with E-state index >= 15 is 0 Å². The zero-order valence-corrected chi connectivity index (χ0v) is 17.8. The summed E-state index contributed by atoms with van der Waals surface area (Å²) in [5.74, 6) is -0.418. The van der Waals surface area contributed by atoms with Crippen molar-refractivity contribution in [1.82, 2.24) is 14.8 Å². The van der Waals surface area contributed by atoms with Gasteiger partial charge in [-0.05, 0) is 31.0 Å². The van der Waals surface area contributed by atoms with Crippen molar-refractivity contribution in [3.8, 4) is 10.6 Å². The van der Waals surface area contributed by atoms with Crippen LogP contribution >= 0.6 is 22.9 Å². The van der Waals surface area contributed by atoms with Crippen LogP contribution in [0.2, 0.25) is 5.02 Å². The lowest BCUT2D eigenvalue weighted by Crippen LogP contribution is -2.51. The van der Waals surface area contributed by atoms with Gasteiger partial charge in [0, 0.05) is 53.8 Å². The number of piperazine rings is 1. The fraction of sp³-hybridized carbons (Fsp3) is 0.476. The van der Waals surface area contributed by atoms with Gasteiger partial charge in [-0.15, -0.1) is 11.3 Å². The molecule has 2 aliphatic rings. The summed E-state index contributed by atoms with van der Waals surface area (Å²) < 4.78 is 0. The van der Waals surface area contributed by atoms with Crippen molar-refractivity contribution in [1.29, 1.82) is 0 Å². The molecule has 2 amide bonds. The molecule has 4 rings (SSSR count). The number of hydrogen-bond donors (Lipinski definition) is 1. The Balaban J connectivity index is 1.39. The van der Waals surface area contributed by atoms with Crippen molar-refractivity contribution in [2.45, 2.75) is 38.1 Å². The molecule has 8 heteroatoms. The van der Waals surface area contributed by atoms with E-state index in [1.807, 2.05) is 10.3 Å². The van der Waals surface area contributed by atoms with Crippen LogP contribution in [0, 0.1) is 0 Å². The average molecular weight is 433 g/mol. The van der Waals surface area contributed by atoms with Gasteiger partial charge in [-0.25, -0.2) is 4.98 Å². The Morgan fingerprint density at radius 1 is 1.17 bits per heavy atom. The quantitative estimate of drug-likeness (QED) is 0.786.